The first kappa shape index (κ1) is 15.7. The molecule has 0 atom stereocenters. The van der Waals surface area contributed by atoms with E-state index in [9.17, 15) is 14.9 Å². The first-order valence-corrected chi connectivity index (χ1v) is 7.56. The van der Waals surface area contributed by atoms with Crippen molar-refractivity contribution in [3.63, 3.8) is 0 Å². The number of nitrogens with zero attached hydrogens (tertiary/aromatic N) is 1. The summed E-state index contributed by atoms with van der Waals surface area (Å²) < 4.78 is 10.8. The number of carbonyl (C=O) groups excluding carboxylic acids is 1. The predicted molar refractivity (Wildman–Crippen MR) is 87.9 cm³/mol. The van der Waals surface area contributed by atoms with Gasteiger partial charge in [-0.1, -0.05) is 19.1 Å². The van der Waals surface area contributed by atoms with Crippen LogP contribution in [0.4, 0.5) is 5.69 Å². The molecule has 0 N–H and O–H groups in total. The van der Waals surface area contributed by atoms with Gasteiger partial charge < -0.3 is 9.15 Å². The van der Waals surface area contributed by atoms with Gasteiger partial charge in [0.15, 0.2) is 0 Å². The molecule has 0 bridgehead atoms. The molecule has 6 heteroatoms. The molecule has 0 aliphatic carbocycles. The highest BCUT2D eigenvalue weighted by Crippen LogP contribution is 2.32. The van der Waals surface area contributed by atoms with Gasteiger partial charge in [0.2, 0.25) is 0 Å². The second-order valence-corrected chi connectivity index (χ2v) is 5.33. The minimum Gasteiger partial charge on any atom is -0.456 e. The molecule has 0 fully saturated rings. The number of nitro benzene ring substituents is 1. The number of hydrogen-bond acceptors (Lipinski definition) is 5. The van der Waals surface area contributed by atoms with Crippen molar-refractivity contribution in [1.29, 1.82) is 0 Å². The Balaban J connectivity index is 1.91. The molecule has 6 nitrogen and oxygen atoms in total. The lowest BCUT2D eigenvalue weighted by Crippen LogP contribution is -1.96. The number of allylic oxidation sites excluding steroid dienone is 1. The fraction of sp³-hybridized carbons (Fsp3) is 0.167. The van der Waals surface area contributed by atoms with Crippen LogP contribution in [0.1, 0.15) is 25.5 Å². The van der Waals surface area contributed by atoms with E-state index >= 15 is 0 Å². The Morgan fingerprint density at radius 1 is 1.21 bits per heavy atom. The molecule has 1 aliphatic heterocycles. The topological polar surface area (TPSA) is 82.6 Å². The minimum absolute atomic E-state index is 0.0311. The van der Waals surface area contributed by atoms with Gasteiger partial charge >= 0.3 is 5.97 Å². The summed E-state index contributed by atoms with van der Waals surface area (Å²) in [6, 6.07) is 9.66. The molecular weight excluding hydrogens is 310 g/mol. The normalized spacial score (nSPS) is 15.5. The number of nitro groups is 1. The summed E-state index contributed by atoms with van der Waals surface area (Å²) in [6.45, 7) is 2.00. The van der Waals surface area contributed by atoms with Crippen molar-refractivity contribution in [3.05, 3.63) is 69.7 Å². The molecule has 0 saturated heterocycles. The summed E-state index contributed by atoms with van der Waals surface area (Å²) in [5, 5.41) is 11.1. The number of ether oxygens (including phenoxy) is 1. The standard InChI is InChI=1S/C18H15NO5/c1-2-5-13-10-12(18(20)24-13)11-14-8-9-17(23-14)15-6-3-4-7-16(15)19(21)22/h3-4,6-11H,2,5H2,1H3/b12-11-. The van der Waals surface area contributed by atoms with E-state index < -0.39 is 10.9 Å². The van der Waals surface area contributed by atoms with Crippen molar-refractivity contribution >= 4 is 17.7 Å². The van der Waals surface area contributed by atoms with Crippen molar-refractivity contribution in [1.82, 2.24) is 0 Å². The Labute approximate surface area is 138 Å². The van der Waals surface area contributed by atoms with E-state index in [2.05, 4.69) is 0 Å². The highest BCUT2D eigenvalue weighted by molar-refractivity contribution is 5.99. The van der Waals surface area contributed by atoms with Gasteiger partial charge in [-0.05, 0) is 36.8 Å². The summed E-state index contributed by atoms with van der Waals surface area (Å²) >= 11 is 0. The van der Waals surface area contributed by atoms with Crippen LogP contribution in [-0.4, -0.2) is 10.9 Å². The minimum atomic E-state index is -0.454. The Morgan fingerprint density at radius 3 is 2.75 bits per heavy atom. The number of esters is 1. The lowest BCUT2D eigenvalue weighted by molar-refractivity contribution is -0.384. The average Bonchev–Trinajstić information content (AvgIpc) is 3.15. The van der Waals surface area contributed by atoms with Crippen LogP contribution in [0, 0.1) is 10.1 Å². The zero-order chi connectivity index (χ0) is 17.1. The molecule has 1 aromatic heterocycles. The maximum absolute atomic E-state index is 11.8. The summed E-state index contributed by atoms with van der Waals surface area (Å²) in [7, 11) is 0. The van der Waals surface area contributed by atoms with Crippen LogP contribution in [0.15, 0.2) is 58.2 Å². The predicted octanol–water partition coefficient (Wildman–Crippen LogP) is 4.48. The van der Waals surface area contributed by atoms with Crippen LogP contribution in [0.25, 0.3) is 17.4 Å². The molecule has 0 amide bonds. The van der Waals surface area contributed by atoms with Gasteiger partial charge in [-0.3, -0.25) is 10.1 Å². The fourth-order valence-corrected chi connectivity index (χ4v) is 2.48. The molecule has 122 valence electrons. The Bertz CT molecular complexity index is 860. The Kier molecular flexibility index (Phi) is 4.29. The van der Waals surface area contributed by atoms with E-state index in [1.165, 1.54) is 6.07 Å². The molecule has 2 aromatic rings. The lowest BCUT2D eigenvalue weighted by atomic mass is 10.1. The quantitative estimate of drug-likeness (QED) is 0.350. The van der Waals surface area contributed by atoms with Crippen LogP contribution in [-0.2, 0) is 9.53 Å². The van der Waals surface area contributed by atoms with Crippen LogP contribution in [0.3, 0.4) is 0 Å². The van der Waals surface area contributed by atoms with Crippen molar-refractivity contribution in [2.24, 2.45) is 0 Å². The molecule has 2 heterocycles. The van der Waals surface area contributed by atoms with E-state index in [4.69, 9.17) is 9.15 Å². The molecule has 0 radical (unpaired) electrons. The SMILES string of the molecule is CCCC1=C/C(=C/c2ccc(-c3ccccc3[N+](=O)[O-])o2)C(=O)O1. The van der Waals surface area contributed by atoms with E-state index in [0.29, 0.717) is 34.8 Å². The Hall–Kier alpha value is -3.15. The monoisotopic (exact) mass is 325 g/mol. The Morgan fingerprint density at radius 2 is 2.00 bits per heavy atom. The number of rotatable bonds is 5. The largest absolute Gasteiger partial charge is 0.456 e. The number of benzene rings is 1. The summed E-state index contributed by atoms with van der Waals surface area (Å²) in [5.74, 6) is 1.03. The molecule has 1 aliphatic rings. The third-order valence-corrected chi connectivity index (χ3v) is 3.56. The van der Waals surface area contributed by atoms with Gasteiger partial charge in [-0.2, -0.15) is 0 Å². The van der Waals surface area contributed by atoms with Crippen molar-refractivity contribution < 1.29 is 18.9 Å². The number of cyclic esters (lactones) is 1. The van der Waals surface area contributed by atoms with Crippen LogP contribution in [0.2, 0.25) is 0 Å². The highest BCUT2D eigenvalue weighted by atomic mass is 16.6. The first-order valence-electron chi connectivity index (χ1n) is 7.56. The molecule has 0 saturated carbocycles. The molecule has 0 spiro atoms. The lowest BCUT2D eigenvalue weighted by Gasteiger charge is -1.98. The van der Waals surface area contributed by atoms with Crippen molar-refractivity contribution in [3.8, 4) is 11.3 Å². The van der Waals surface area contributed by atoms with E-state index in [0.717, 1.165) is 6.42 Å². The number of furan rings is 1. The maximum atomic E-state index is 11.8. The molecule has 0 unspecified atom stereocenters. The van der Waals surface area contributed by atoms with Gasteiger partial charge in [0, 0.05) is 12.5 Å². The second kappa shape index (κ2) is 6.54. The van der Waals surface area contributed by atoms with Crippen molar-refractivity contribution in [2.45, 2.75) is 19.8 Å². The molecule has 24 heavy (non-hydrogen) atoms. The van der Waals surface area contributed by atoms with Gasteiger partial charge in [0.05, 0.1) is 16.1 Å². The highest BCUT2D eigenvalue weighted by Gasteiger charge is 2.21. The third-order valence-electron chi connectivity index (χ3n) is 3.56. The molecular formula is C18H15NO5. The van der Waals surface area contributed by atoms with Crippen LogP contribution < -0.4 is 0 Å². The van der Waals surface area contributed by atoms with E-state index in [1.54, 1.807) is 42.5 Å². The van der Waals surface area contributed by atoms with E-state index in [1.807, 2.05) is 6.92 Å². The first-order chi connectivity index (χ1) is 11.6. The third kappa shape index (κ3) is 3.12. The maximum Gasteiger partial charge on any atom is 0.343 e. The fourth-order valence-electron chi connectivity index (χ4n) is 2.48. The smallest absolute Gasteiger partial charge is 0.343 e. The van der Waals surface area contributed by atoms with Gasteiger partial charge in [0.25, 0.3) is 5.69 Å². The number of carbonyl (C=O) groups is 1. The van der Waals surface area contributed by atoms with Crippen LogP contribution >= 0.6 is 0 Å². The second-order valence-electron chi connectivity index (χ2n) is 5.33. The van der Waals surface area contributed by atoms with Gasteiger partial charge in [-0.15, -0.1) is 0 Å². The van der Waals surface area contributed by atoms with Crippen molar-refractivity contribution in [2.75, 3.05) is 0 Å². The summed E-state index contributed by atoms with van der Waals surface area (Å²) in [6.07, 6.45) is 4.85. The van der Waals surface area contributed by atoms with Gasteiger partial charge in [-0.25, -0.2) is 4.79 Å². The summed E-state index contributed by atoms with van der Waals surface area (Å²) in [4.78, 5) is 22.5. The zero-order valence-electron chi connectivity index (χ0n) is 13.0. The zero-order valence-corrected chi connectivity index (χ0v) is 13.0. The average molecular weight is 325 g/mol. The molecule has 3 rings (SSSR count). The van der Waals surface area contributed by atoms with E-state index in [-0.39, 0.29) is 5.69 Å². The van der Waals surface area contributed by atoms with Crippen LogP contribution in [0.5, 0.6) is 0 Å². The number of para-hydroxylation sites is 1. The summed E-state index contributed by atoms with van der Waals surface area (Å²) in [5.41, 5.74) is 0.765. The van der Waals surface area contributed by atoms with Gasteiger partial charge in [0.1, 0.15) is 17.3 Å². The molecule has 1 aromatic carbocycles. The number of hydrogen-bond donors (Lipinski definition) is 0.